The summed E-state index contributed by atoms with van der Waals surface area (Å²) in [6, 6.07) is 0.138. The first kappa shape index (κ1) is 13.6. The van der Waals surface area contributed by atoms with Crippen molar-refractivity contribution < 1.29 is 14.7 Å². The van der Waals surface area contributed by atoms with E-state index in [0.29, 0.717) is 16.8 Å². The van der Waals surface area contributed by atoms with E-state index in [4.69, 9.17) is 5.11 Å². The van der Waals surface area contributed by atoms with E-state index in [1.165, 1.54) is 0 Å². The number of nitrogens with one attached hydrogen (secondary N) is 2. The average molecular weight is 265 g/mol. The fourth-order valence-electron chi connectivity index (χ4n) is 2.61. The monoisotopic (exact) mass is 265 g/mol. The van der Waals surface area contributed by atoms with Crippen LogP contribution in [0.1, 0.15) is 38.5 Å². The molecular formula is C13H19N3O3. The van der Waals surface area contributed by atoms with Crippen molar-refractivity contribution in [2.45, 2.75) is 26.3 Å². The van der Waals surface area contributed by atoms with E-state index in [9.17, 15) is 9.59 Å². The number of nitrogens with zero attached hydrogens (tertiary/aromatic N) is 1. The maximum Gasteiger partial charge on any atom is 0.352 e. The molecule has 1 aliphatic rings. The second-order valence-corrected chi connectivity index (χ2v) is 5.15. The Morgan fingerprint density at radius 2 is 2.11 bits per heavy atom. The highest BCUT2D eigenvalue weighted by Gasteiger charge is 2.25. The molecule has 2 heterocycles. The van der Waals surface area contributed by atoms with Gasteiger partial charge in [0, 0.05) is 18.3 Å². The van der Waals surface area contributed by atoms with Crippen molar-refractivity contribution in [1.29, 1.82) is 0 Å². The first-order valence-corrected chi connectivity index (χ1v) is 6.32. The van der Waals surface area contributed by atoms with Crippen molar-refractivity contribution in [2.75, 3.05) is 20.1 Å². The molecule has 19 heavy (non-hydrogen) atoms. The Balaban J connectivity index is 2.17. The number of carboxylic acid groups (broad SMARTS) is 1. The molecule has 1 amide bonds. The van der Waals surface area contributed by atoms with Crippen LogP contribution in [0, 0.1) is 13.8 Å². The van der Waals surface area contributed by atoms with Gasteiger partial charge < -0.3 is 20.3 Å². The third kappa shape index (κ3) is 2.63. The lowest BCUT2D eigenvalue weighted by Gasteiger charge is -2.13. The maximum absolute atomic E-state index is 12.2. The van der Waals surface area contributed by atoms with Gasteiger partial charge >= 0.3 is 5.97 Å². The van der Waals surface area contributed by atoms with E-state index in [0.717, 1.165) is 19.5 Å². The second kappa shape index (κ2) is 5.05. The van der Waals surface area contributed by atoms with Gasteiger partial charge in [-0.15, -0.1) is 0 Å². The van der Waals surface area contributed by atoms with Crippen LogP contribution in [0.15, 0.2) is 0 Å². The Morgan fingerprint density at radius 1 is 1.42 bits per heavy atom. The average Bonchev–Trinajstić information content (AvgIpc) is 2.83. The summed E-state index contributed by atoms with van der Waals surface area (Å²) in [4.78, 5) is 28.2. The molecular weight excluding hydrogens is 246 g/mol. The molecule has 1 unspecified atom stereocenters. The standard InChI is InChI=1S/C13H19N3O3/c1-7-10(8(2)14-11(7)13(18)19)12(17)15-9-4-5-16(3)6-9/h9,14H,4-6H2,1-3H3,(H,15,17)(H,18,19). The highest BCUT2D eigenvalue weighted by molar-refractivity contribution is 6.00. The number of amides is 1. The van der Waals surface area contributed by atoms with Gasteiger partial charge in [-0.25, -0.2) is 4.79 Å². The van der Waals surface area contributed by atoms with Crippen LogP contribution in [0.4, 0.5) is 0 Å². The summed E-state index contributed by atoms with van der Waals surface area (Å²) in [7, 11) is 2.02. The van der Waals surface area contributed by atoms with Crippen molar-refractivity contribution in [3.05, 3.63) is 22.5 Å². The van der Waals surface area contributed by atoms with Crippen LogP contribution < -0.4 is 5.32 Å². The third-order valence-corrected chi connectivity index (χ3v) is 3.60. The van der Waals surface area contributed by atoms with Crippen molar-refractivity contribution in [3.8, 4) is 0 Å². The Hall–Kier alpha value is -1.82. The van der Waals surface area contributed by atoms with E-state index in [1.807, 2.05) is 7.05 Å². The molecule has 1 atom stereocenters. The fourth-order valence-corrected chi connectivity index (χ4v) is 2.61. The van der Waals surface area contributed by atoms with Crippen molar-refractivity contribution in [1.82, 2.24) is 15.2 Å². The van der Waals surface area contributed by atoms with Crippen molar-refractivity contribution in [2.24, 2.45) is 0 Å². The molecule has 6 nitrogen and oxygen atoms in total. The normalized spacial score (nSPS) is 19.6. The van der Waals surface area contributed by atoms with Crippen LogP contribution in [-0.2, 0) is 0 Å². The zero-order valence-electron chi connectivity index (χ0n) is 11.4. The van der Waals surface area contributed by atoms with E-state index in [1.54, 1.807) is 13.8 Å². The summed E-state index contributed by atoms with van der Waals surface area (Å²) in [5.74, 6) is -1.24. The molecule has 0 bridgehead atoms. The number of carbonyl (C=O) groups is 2. The summed E-state index contributed by atoms with van der Waals surface area (Å²) >= 11 is 0. The molecule has 0 saturated carbocycles. The molecule has 1 aliphatic heterocycles. The highest BCUT2D eigenvalue weighted by atomic mass is 16.4. The van der Waals surface area contributed by atoms with Gasteiger partial charge in [-0.2, -0.15) is 0 Å². The number of hydrogen-bond donors (Lipinski definition) is 3. The van der Waals surface area contributed by atoms with Gasteiger partial charge in [0.25, 0.3) is 5.91 Å². The molecule has 1 fully saturated rings. The highest BCUT2D eigenvalue weighted by Crippen LogP contribution is 2.18. The molecule has 1 saturated heterocycles. The zero-order valence-corrected chi connectivity index (χ0v) is 11.4. The largest absolute Gasteiger partial charge is 0.477 e. The lowest BCUT2D eigenvalue weighted by Crippen LogP contribution is -2.36. The maximum atomic E-state index is 12.2. The van der Waals surface area contributed by atoms with Crippen LogP contribution in [0.3, 0.4) is 0 Å². The van der Waals surface area contributed by atoms with Gasteiger partial charge in [0.15, 0.2) is 0 Å². The topological polar surface area (TPSA) is 85.4 Å². The third-order valence-electron chi connectivity index (χ3n) is 3.60. The molecule has 0 spiro atoms. The summed E-state index contributed by atoms with van der Waals surface area (Å²) in [6.07, 6.45) is 0.927. The van der Waals surface area contributed by atoms with Gasteiger partial charge in [0.1, 0.15) is 5.69 Å². The van der Waals surface area contributed by atoms with Gasteiger partial charge in [0.2, 0.25) is 0 Å². The molecule has 3 N–H and O–H groups in total. The number of aromatic nitrogens is 1. The molecule has 1 aromatic heterocycles. The van der Waals surface area contributed by atoms with E-state index >= 15 is 0 Å². The number of carbonyl (C=O) groups excluding carboxylic acids is 1. The van der Waals surface area contributed by atoms with Crippen LogP contribution in [0.5, 0.6) is 0 Å². The number of rotatable bonds is 3. The Morgan fingerprint density at radius 3 is 2.58 bits per heavy atom. The minimum Gasteiger partial charge on any atom is -0.477 e. The molecule has 0 aromatic carbocycles. The Kier molecular flexibility index (Phi) is 3.61. The minimum absolute atomic E-state index is 0.0891. The number of carboxylic acids is 1. The Bertz CT molecular complexity index is 521. The van der Waals surface area contributed by atoms with Crippen molar-refractivity contribution >= 4 is 11.9 Å². The predicted molar refractivity (Wildman–Crippen MR) is 70.6 cm³/mol. The molecule has 1 aromatic rings. The summed E-state index contributed by atoms with van der Waals surface area (Å²) in [5, 5.41) is 12.0. The lowest BCUT2D eigenvalue weighted by molar-refractivity contribution is 0.0690. The number of aryl methyl sites for hydroxylation is 1. The first-order chi connectivity index (χ1) is 8.90. The van der Waals surface area contributed by atoms with Gasteiger partial charge in [-0.1, -0.05) is 0 Å². The van der Waals surface area contributed by atoms with Gasteiger partial charge in [-0.3, -0.25) is 4.79 Å². The summed E-state index contributed by atoms with van der Waals surface area (Å²) in [5.41, 5.74) is 1.63. The number of hydrogen-bond acceptors (Lipinski definition) is 3. The molecule has 104 valence electrons. The molecule has 0 radical (unpaired) electrons. The summed E-state index contributed by atoms with van der Waals surface area (Å²) < 4.78 is 0. The molecule has 6 heteroatoms. The van der Waals surface area contributed by atoms with E-state index < -0.39 is 5.97 Å². The van der Waals surface area contributed by atoms with Gasteiger partial charge in [0.05, 0.1) is 5.56 Å². The predicted octanol–water partition coefficient (Wildman–Crippen LogP) is 0.764. The van der Waals surface area contributed by atoms with Crippen LogP contribution in [-0.4, -0.2) is 53.0 Å². The molecule has 0 aliphatic carbocycles. The first-order valence-electron chi connectivity index (χ1n) is 6.32. The van der Waals surface area contributed by atoms with Gasteiger partial charge in [-0.05, 0) is 39.4 Å². The smallest absolute Gasteiger partial charge is 0.352 e. The number of aromatic carboxylic acids is 1. The summed E-state index contributed by atoms with van der Waals surface area (Å²) in [6.45, 7) is 5.17. The van der Waals surface area contributed by atoms with Crippen LogP contribution in [0.25, 0.3) is 0 Å². The Labute approximate surface area is 111 Å². The van der Waals surface area contributed by atoms with E-state index in [2.05, 4.69) is 15.2 Å². The zero-order chi connectivity index (χ0) is 14.2. The van der Waals surface area contributed by atoms with E-state index in [-0.39, 0.29) is 17.6 Å². The quantitative estimate of drug-likeness (QED) is 0.753. The number of likely N-dealkylation sites (tertiary alicyclic amines) is 1. The van der Waals surface area contributed by atoms with Crippen LogP contribution >= 0.6 is 0 Å². The number of H-pyrrole nitrogens is 1. The number of aromatic amines is 1. The molecule has 2 rings (SSSR count). The number of likely N-dealkylation sites (N-methyl/N-ethyl adjacent to an activating group) is 1. The van der Waals surface area contributed by atoms with Crippen molar-refractivity contribution in [3.63, 3.8) is 0 Å². The lowest BCUT2D eigenvalue weighted by atomic mass is 10.1. The fraction of sp³-hybridized carbons (Fsp3) is 0.538. The second-order valence-electron chi connectivity index (χ2n) is 5.15. The van der Waals surface area contributed by atoms with Crippen LogP contribution in [0.2, 0.25) is 0 Å². The SMILES string of the molecule is Cc1[nH]c(C(=O)O)c(C)c1C(=O)NC1CCN(C)C1. The minimum atomic E-state index is -1.04.